The van der Waals surface area contributed by atoms with Crippen LogP contribution in [0.25, 0.3) is 0 Å². The molecular formula is C15H21Cl2N2O2+. The molecule has 1 aromatic carbocycles. The second-order valence-corrected chi connectivity index (χ2v) is 6.11. The minimum atomic E-state index is -0.122. The zero-order chi connectivity index (χ0) is 15.2. The van der Waals surface area contributed by atoms with Crippen molar-refractivity contribution in [3.8, 4) is 5.75 Å². The van der Waals surface area contributed by atoms with E-state index in [4.69, 9.17) is 27.9 Å². The second kappa shape index (κ2) is 7.87. The van der Waals surface area contributed by atoms with Crippen LogP contribution in [-0.2, 0) is 4.79 Å². The molecule has 0 aliphatic carbocycles. The van der Waals surface area contributed by atoms with Gasteiger partial charge in [0.15, 0.2) is 6.61 Å². The molecule has 1 aromatic rings. The molecule has 1 saturated heterocycles. The molecular weight excluding hydrogens is 311 g/mol. The highest BCUT2D eigenvalue weighted by Crippen LogP contribution is 2.27. The van der Waals surface area contributed by atoms with Gasteiger partial charge in [-0.3, -0.25) is 4.79 Å². The average Bonchev–Trinajstić information content (AvgIpc) is 2.91. The van der Waals surface area contributed by atoms with Crippen LogP contribution in [0, 0.1) is 0 Å². The number of nitrogens with one attached hydrogen (secondary N) is 2. The molecule has 2 N–H and O–H groups in total. The van der Waals surface area contributed by atoms with E-state index < -0.39 is 0 Å². The van der Waals surface area contributed by atoms with Gasteiger partial charge in [-0.25, -0.2) is 0 Å². The molecule has 0 saturated carbocycles. The van der Waals surface area contributed by atoms with E-state index in [0.717, 1.165) is 6.54 Å². The Kier molecular flexibility index (Phi) is 6.15. The number of hydrogen-bond acceptors (Lipinski definition) is 2. The standard InChI is InChI=1S/C15H20Cl2N2O2/c1-2-19-7-3-4-12(19)9-18-15(20)10-21-14-6-5-11(16)8-13(14)17/h5-6,8,12H,2-4,7,9-10H2,1H3,(H,18,20)/p+1/t12-/m0/s1. The lowest BCUT2D eigenvalue weighted by atomic mass is 10.2. The molecule has 0 aromatic heterocycles. The number of carbonyl (C=O) groups excluding carboxylic acids is 1. The minimum absolute atomic E-state index is 0.0322. The van der Waals surface area contributed by atoms with Crippen molar-refractivity contribution in [1.82, 2.24) is 5.32 Å². The first-order valence-corrected chi connectivity index (χ1v) is 8.05. The largest absolute Gasteiger partial charge is 0.482 e. The third-order valence-corrected chi connectivity index (χ3v) is 4.41. The molecule has 116 valence electrons. The van der Waals surface area contributed by atoms with Crippen molar-refractivity contribution in [3.05, 3.63) is 28.2 Å². The molecule has 21 heavy (non-hydrogen) atoms. The predicted octanol–water partition coefficient (Wildman–Crippen LogP) is 1.56. The zero-order valence-corrected chi connectivity index (χ0v) is 13.6. The Balaban J connectivity index is 1.74. The van der Waals surface area contributed by atoms with Crippen molar-refractivity contribution in [3.63, 3.8) is 0 Å². The molecule has 1 fully saturated rings. The monoisotopic (exact) mass is 331 g/mol. The highest BCUT2D eigenvalue weighted by Gasteiger charge is 2.27. The van der Waals surface area contributed by atoms with E-state index in [-0.39, 0.29) is 12.5 Å². The minimum Gasteiger partial charge on any atom is -0.482 e. The number of hydrogen-bond donors (Lipinski definition) is 2. The zero-order valence-electron chi connectivity index (χ0n) is 12.1. The maximum Gasteiger partial charge on any atom is 0.258 e. The highest BCUT2D eigenvalue weighted by atomic mass is 35.5. The second-order valence-electron chi connectivity index (χ2n) is 5.27. The van der Waals surface area contributed by atoms with Gasteiger partial charge in [-0.15, -0.1) is 0 Å². The number of likely N-dealkylation sites (N-methyl/N-ethyl adjacent to an activating group) is 1. The molecule has 1 aliphatic heterocycles. The van der Waals surface area contributed by atoms with Crippen molar-refractivity contribution in [1.29, 1.82) is 0 Å². The molecule has 2 rings (SSSR count). The Bertz CT molecular complexity index is 497. The van der Waals surface area contributed by atoms with E-state index in [2.05, 4.69) is 12.2 Å². The van der Waals surface area contributed by atoms with Crippen molar-refractivity contribution in [2.24, 2.45) is 0 Å². The summed E-state index contributed by atoms with van der Waals surface area (Å²) in [6, 6.07) is 5.47. The fourth-order valence-corrected chi connectivity index (χ4v) is 3.18. The van der Waals surface area contributed by atoms with Crippen molar-refractivity contribution in [2.45, 2.75) is 25.8 Å². The first-order chi connectivity index (χ1) is 10.1. The smallest absolute Gasteiger partial charge is 0.258 e. The lowest BCUT2D eigenvalue weighted by Crippen LogP contribution is -3.14. The van der Waals surface area contributed by atoms with E-state index in [1.54, 1.807) is 23.1 Å². The van der Waals surface area contributed by atoms with Crippen LogP contribution in [0.4, 0.5) is 0 Å². The van der Waals surface area contributed by atoms with Gasteiger partial charge in [0.1, 0.15) is 11.8 Å². The summed E-state index contributed by atoms with van der Waals surface area (Å²) in [5.41, 5.74) is 0. The molecule has 1 aliphatic rings. The van der Waals surface area contributed by atoms with Gasteiger partial charge in [-0.05, 0) is 25.1 Å². The van der Waals surface area contributed by atoms with Gasteiger partial charge in [0.25, 0.3) is 5.91 Å². The number of carbonyl (C=O) groups is 1. The molecule has 1 unspecified atom stereocenters. The van der Waals surface area contributed by atoms with Crippen molar-refractivity contribution < 1.29 is 14.4 Å². The summed E-state index contributed by atoms with van der Waals surface area (Å²) in [6.45, 7) is 5.17. The van der Waals surface area contributed by atoms with E-state index >= 15 is 0 Å². The Morgan fingerprint density at radius 3 is 3.00 bits per heavy atom. The van der Waals surface area contributed by atoms with Crippen LogP contribution in [-0.4, -0.2) is 38.2 Å². The third kappa shape index (κ3) is 4.77. The fourth-order valence-electron chi connectivity index (χ4n) is 2.72. The van der Waals surface area contributed by atoms with Gasteiger partial charge < -0.3 is 15.0 Å². The van der Waals surface area contributed by atoms with Crippen LogP contribution in [0.2, 0.25) is 10.0 Å². The molecule has 0 radical (unpaired) electrons. The summed E-state index contributed by atoms with van der Waals surface area (Å²) >= 11 is 11.8. The summed E-state index contributed by atoms with van der Waals surface area (Å²) in [5.74, 6) is 0.348. The van der Waals surface area contributed by atoms with Crippen LogP contribution >= 0.6 is 23.2 Å². The lowest BCUT2D eigenvalue weighted by molar-refractivity contribution is -0.909. The van der Waals surface area contributed by atoms with Crippen LogP contribution in [0.1, 0.15) is 19.8 Å². The molecule has 0 spiro atoms. The van der Waals surface area contributed by atoms with Crippen LogP contribution < -0.4 is 15.0 Å². The molecule has 4 nitrogen and oxygen atoms in total. The van der Waals surface area contributed by atoms with Crippen molar-refractivity contribution >= 4 is 29.1 Å². The summed E-state index contributed by atoms with van der Waals surface area (Å²) in [6.07, 6.45) is 2.41. The summed E-state index contributed by atoms with van der Waals surface area (Å²) in [5, 5.41) is 3.89. The van der Waals surface area contributed by atoms with Gasteiger partial charge in [-0.1, -0.05) is 23.2 Å². The van der Waals surface area contributed by atoms with Crippen molar-refractivity contribution in [2.75, 3.05) is 26.2 Å². The number of rotatable bonds is 6. The van der Waals surface area contributed by atoms with Gasteiger partial charge in [0.2, 0.25) is 0 Å². The maximum absolute atomic E-state index is 11.8. The molecule has 6 heteroatoms. The molecule has 2 atom stereocenters. The van der Waals surface area contributed by atoms with Gasteiger partial charge in [0.05, 0.1) is 24.7 Å². The van der Waals surface area contributed by atoms with Crippen LogP contribution in [0.5, 0.6) is 5.75 Å². The fraction of sp³-hybridized carbons (Fsp3) is 0.533. The predicted molar refractivity (Wildman–Crippen MR) is 84.4 cm³/mol. The Morgan fingerprint density at radius 1 is 1.48 bits per heavy atom. The summed E-state index contributed by atoms with van der Waals surface area (Å²) < 4.78 is 5.41. The normalized spacial score (nSPS) is 21.3. The summed E-state index contributed by atoms with van der Waals surface area (Å²) in [4.78, 5) is 13.4. The average molecular weight is 332 g/mol. The highest BCUT2D eigenvalue weighted by molar-refractivity contribution is 6.35. The number of likely N-dealkylation sites (tertiary alicyclic amines) is 1. The SMILES string of the molecule is CC[NH+]1CCC[C@H]1CNC(=O)COc1ccc(Cl)cc1Cl. The molecule has 0 bridgehead atoms. The quantitative estimate of drug-likeness (QED) is 0.830. The van der Waals surface area contributed by atoms with Gasteiger partial charge in [0, 0.05) is 17.9 Å². The third-order valence-electron chi connectivity index (χ3n) is 3.88. The number of quaternary nitrogens is 1. The van der Waals surface area contributed by atoms with E-state index in [1.807, 2.05) is 0 Å². The van der Waals surface area contributed by atoms with E-state index in [1.165, 1.54) is 19.4 Å². The molecule has 1 amide bonds. The van der Waals surface area contributed by atoms with Gasteiger partial charge >= 0.3 is 0 Å². The number of benzene rings is 1. The number of halogens is 2. The van der Waals surface area contributed by atoms with Crippen LogP contribution in [0.15, 0.2) is 18.2 Å². The molecule has 1 heterocycles. The first-order valence-electron chi connectivity index (χ1n) is 7.29. The van der Waals surface area contributed by atoms with E-state index in [9.17, 15) is 4.79 Å². The number of amides is 1. The summed E-state index contributed by atoms with van der Waals surface area (Å²) in [7, 11) is 0. The first kappa shape index (κ1) is 16.4. The Labute approximate surface area is 135 Å². The van der Waals surface area contributed by atoms with Crippen LogP contribution in [0.3, 0.4) is 0 Å². The van der Waals surface area contributed by atoms with Gasteiger partial charge in [-0.2, -0.15) is 0 Å². The Morgan fingerprint density at radius 2 is 2.29 bits per heavy atom. The number of ether oxygens (including phenoxy) is 1. The maximum atomic E-state index is 11.8. The Hall–Kier alpha value is -0.970. The lowest BCUT2D eigenvalue weighted by Gasteiger charge is -2.20. The van der Waals surface area contributed by atoms with E-state index in [0.29, 0.717) is 28.4 Å². The topological polar surface area (TPSA) is 42.8 Å².